The van der Waals surface area contributed by atoms with Gasteiger partial charge in [0.15, 0.2) is 0 Å². The summed E-state index contributed by atoms with van der Waals surface area (Å²) >= 11 is 0. The van der Waals surface area contributed by atoms with Crippen molar-refractivity contribution in [1.82, 2.24) is 5.32 Å². The van der Waals surface area contributed by atoms with Gasteiger partial charge in [-0.15, -0.1) is 0 Å². The molecule has 2 nitrogen and oxygen atoms in total. The molecular formula is C19H31NO. The summed E-state index contributed by atoms with van der Waals surface area (Å²) < 4.78 is 6.22. The van der Waals surface area contributed by atoms with Gasteiger partial charge < -0.3 is 10.1 Å². The van der Waals surface area contributed by atoms with Gasteiger partial charge in [-0.05, 0) is 63.1 Å². The largest absolute Gasteiger partial charge is 0.376 e. The van der Waals surface area contributed by atoms with E-state index in [1.54, 1.807) is 0 Å². The Bertz CT molecular complexity index is 435. The van der Waals surface area contributed by atoms with Crippen LogP contribution in [0, 0.1) is 19.8 Å². The Labute approximate surface area is 130 Å². The number of aryl methyl sites for hydroxylation is 2. The standard InChI is InChI=1S/C19H31NO/c1-5-20-19(18-11-8-15(3)12-16(18)4)13-21-17-9-6-14(2)7-10-17/h8,11-12,14,17,19-20H,5-7,9-10,13H2,1-4H3. The highest BCUT2D eigenvalue weighted by Crippen LogP contribution is 2.27. The van der Waals surface area contributed by atoms with Crippen LogP contribution in [0.15, 0.2) is 18.2 Å². The predicted molar refractivity (Wildman–Crippen MR) is 89.7 cm³/mol. The summed E-state index contributed by atoms with van der Waals surface area (Å²) in [7, 11) is 0. The third-order valence-corrected chi connectivity index (χ3v) is 4.71. The number of hydrogen-bond donors (Lipinski definition) is 1. The van der Waals surface area contributed by atoms with Gasteiger partial charge >= 0.3 is 0 Å². The fourth-order valence-electron chi connectivity index (χ4n) is 3.35. The van der Waals surface area contributed by atoms with E-state index in [1.165, 1.54) is 42.4 Å². The first-order chi connectivity index (χ1) is 10.1. The monoisotopic (exact) mass is 289 g/mol. The fraction of sp³-hybridized carbons (Fsp3) is 0.684. The van der Waals surface area contributed by atoms with E-state index in [0.29, 0.717) is 12.1 Å². The van der Waals surface area contributed by atoms with Gasteiger partial charge in [0.25, 0.3) is 0 Å². The van der Waals surface area contributed by atoms with E-state index >= 15 is 0 Å². The molecule has 0 bridgehead atoms. The maximum Gasteiger partial charge on any atom is 0.0665 e. The maximum absolute atomic E-state index is 6.22. The first-order valence-corrected chi connectivity index (χ1v) is 8.52. The smallest absolute Gasteiger partial charge is 0.0665 e. The number of nitrogens with one attached hydrogen (secondary N) is 1. The van der Waals surface area contributed by atoms with Gasteiger partial charge in [-0.2, -0.15) is 0 Å². The molecule has 0 heterocycles. The molecule has 1 fully saturated rings. The minimum absolute atomic E-state index is 0.315. The summed E-state index contributed by atoms with van der Waals surface area (Å²) in [4.78, 5) is 0. The average Bonchev–Trinajstić information content (AvgIpc) is 2.46. The highest BCUT2D eigenvalue weighted by molar-refractivity contribution is 5.32. The SMILES string of the molecule is CCNC(COC1CCC(C)CC1)c1ccc(C)cc1C. The van der Waals surface area contributed by atoms with Gasteiger partial charge in [0.2, 0.25) is 0 Å². The van der Waals surface area contributed by atoms with Crippen LogP contribution in [0.3, 0.4) is 0 Å². The number of likely N-dealkylation sites (N-methyl/N-ethyl adjacent to an activating group) is 1. The van der Waals surface area contributed by atoms with E-state index in [4.69, 9.17) is 4.74 Å². The quantitative estimate of drug-likeness (QED) is 0.829. The molecule has 1 aliphatic carbocycles. The van der Waals surface area contributed by atoms with Crippen LogP contribution in [0.2, 0.25) is 0 Å². The normalized spacial score (nSPS) is 24.0. The Morgan fingerprint density at radius 2 is 1.90 bits per heavy atom. The third-order valence-electron chi connectivity index (χ3n) is 4.71. The Morgan fingerprint density at radius 3 is 2.52 bits per heavy atom. The average molecular weight is 289 g/mol. The molecule has 0 aromatic heterocycles. The molecule has 2 rings (SSSR count). The van der Waals surface area contributed by atoms with Crippen LogP contribution in [-0.4, -0.2) is 19.3 Å². The second kappa shape index (κ2) is 7.95. The van der Waals surface area contributed by atoms with E-state index < -0.39 is 0 Å². The molecule has 1 unspecified atom stereocenters. The molecular weight excluding hydrogens is 258 g/mol. The molecule has 1 aromatic carbocycles. The van der Waals surface area contributed by atoms with Gasteiger partial charge in [0.1, 0.15) is 0 Å². The molecule has 1 aromatic rings. The van der Waals surface area contributed by atoms with Crippen molar-refractivity contribution in [2.75, 3.05) is 13.2 Å². The van der Waals surface area contributed by atoms with E-state index in [9.17, 15) is 0 Å². The molecule has 0 radical (unpaired) electrons. The highest BCUT2D eigenvalue weighted by Gasteiger charge is 2.21. The van der Waals surface area contributed by atoms with Crippen molar-refractivity contribution in [3.63, 3.8) is 0 Å². The van der Waals surface area contributed by atoms with Crippen LogP contribution < -0.4 is 5.32 Å². The molecule has 1 atom stereocenters. The van der Waals surface area contributed by atoms with Gasteiger partial charge in [-0.3, -0.25) is 0 Å². The molecule has 1 saturated carbocycles. The van der Waals surface area contributed by atoms with Crippen LogP contribution in [0.25, 0.3) is 0 Å². The Hall–Kier alpha value is -0.860. The minimum Gasteiger partial charge on any atom is -0.376 e. The number of rotatable bonds is 6. The van der Waals surface area contributed by atoms with Crippen molar-refractivity contribution in [2.24, 2.45) is 5.92 Å². The van der Waals surface area contributed by atoms with E-state index in [1.807, 2.05) is 0 Å². The first kappa shape index (κ1) is 16.5. The van der Waals surface area contributed by atoms with E-state index in [-0.39, 0.29) is 0 Å². The first-order valence-electron chi connectivity index (χ1n) is 8.52. The van der Waals surface area contributed by atoms with Crippen molar-refractivity contribution >= 4 is 0 Å². The molecule has 2 heteroatoms. The number of hydrogen-bond acceptors (Lipinski definition) is 2. The van der Waals surface area contributed by atoms with Crippen molar-refractivity contribution in [1.29, 1.82) is 0 Å². The number of benzene rings is 1. The van der Waals surface area contributed by atoms with Crippen LogP contribution in [-0.2, 0) is 4.74 Å². The van der Waals surface area contributed by atoms with Crippen molar-refractivity contribution in [3.8, 4) is 0 Å². The lowest BCUT2D eigenvalue weighted by atomic mass is 9.89. The van der Waals surface area contributed by atoms with E-state index in [2.05, 4.69) is 51.2 Å². The van der Waals surface area contributed by atoms with Crippen LogP contribution in [0.1, 0.15) is 62.3 Å². The summed E-state index contributed by atoms with van der Waals surface area (Å²) in [5, 5.41) is 3.58. The van der Waals surface area contributed by atoms with Crippen LogP contribution in [0.4, 0.5) is 0 Å². The molecule has 0 saturated heterocycles. The topological polar surface area (TPSA) is 21.3 Å². The third kappa shape index (κ3) is 4.82. The van der Waals surface area contributed by atoms with Gasteiger partial charge in [-0.1, -0.05) is 37.6 Å². The Morgan fingerprint density at radius 1 is 1.19 bits per heavy atom. The molecule has 0 amide bonds. The molecule has 118 valence electrons. The summed E-state index contributed by atoms with van der Waals surface area (Å²) in [6, 6.07) is 7.04. The zero-order chi connectivity index (χ0) is 15.2. The summed E-state index contributed by atoms with van der Waals surface area (Å²) in [6.07, 6.45) is 5.56. The highest BCUT2D eigenvalue weighted by atomic mass is 16.5. The van der Waals surface area contributed by atoms with Gasteiger partial charge in [0, 0.05) is 0 Å². The van der Waals surface area contributed by atoms with Crippen molar-refractivity contribution in [2.45, 2.75) is 65.5 Å². The van der Waals surface area contributed by atoms with Crippen molar-refractivity contribution < 1.29 is 4.74 Å². The number of ether oxygens (including phenoxy) is 1. The minimum atomic E-state index is 0.315. The lowest BCUT2D eigenvalue weighted by molar-refractivity contribution is 0.00801. The van der Waals surface area contributed by atoms with Gasteiger partial charge in [-0.25, -0.2) is 0 Å². The second-order valence-corrected chi connectivity index (χ2v) is 6.69. The lowest BCUT2D eigenvalue weighted by Crippen LogP contribution is -2.29. The Kier molecular flexibility index (Phi) is 6.25. The molecule has 0 aliphatic heterocycles. The van der Waals surface area contributed by atoms with E-state index in [0.717, 1.165) is 19.1 Å². The second-order valence-electron chi connectivity index (χ2n) is 6.69. The zero-order valence-corrected chi connectivity index (χ0v) is 14.1. The fourth-order valence-corrected chi connectivity index (χ4v) is 3.35. The Balaban J connectivity index is 1.95. The molecule has 0 spiro atoms. The summed E-state index contributed by atoms with van der Waals surface area (Å²) in [6.45, 7) is 10.6. The predicted octanol–water partition coefficient (Wildman–Crippen LogP) is 4.55. The molecule has 21 heavy (non-hydrogen) atoms. The van der Waals surface area contributed by atoms with Crippen LogP contribution >= 0.6 is 0 Å². The lowest BCUT2D eigenvalue weighted by Gasteiger charge is -2.29. The maximum atomic E-state index is 6.22. The van der Waals surface area contributed by atoms with Crippen molar-refractivity contribution in [3.05, 3.63) is 34.9 Å². The summed E-state index contributed by atoms with van der Waals surface area (Å²) in [5.41, 5.74) is 4.07. The van der Waals surface area contributed by atoms with Crippen LogP contribution in [0.5, 0.6) is 0 Å². The molecule has 1 N–H and O–H groups in total. The zero-order valence-electron chi connectivity index (χ0n) is 14.1. The summed E-state index contributed by atoms with van der Waals surface area (Å²) in [5.74, 6) is 0.883. The molecule has 1 aliphatic rings. The van der Waals surface area contributed by atoms with Gasteiger partial charge in [0.05, 0.1) is 18.8 Å².